The molecule has 3 rings (SSSR count). The van der Waals surface area contributed by atoms with Crippen LogP contribution in [-0.2, 0) is 16.4 Å². The van der Waals surface area contributed by atoms with Crippen LogP contribution in [0.3, 0.4) is 0 Å². The predicted octanol–water partition coefficient (Wildman–Crippen LogP) is 3.30. The zero-order valence-corrected chi connectivity index (χ0v) is 16.3. The summed E-state index contributed by atoms with van der Waals surface area (Å²) in [5.74, 6) is 0.837. The van der Waals surface area contributed by atoms with E-state index in [0.29, 0.717) is 18.5 Å². The van der Waals surface area contributed by atoms with Gasteiger partial charge in [-0.05, 0) is 31.0 Å². The summed E-state index contributed by atoms with van der Waals surface area (Å²) in [7, 11) is -3.05. The van der Waals surface area contributed by atoms with Gasteiger partial charge in [-0.25, -0.2) is 8.42 Å². The minimum atomic E-state index is -3.05. The summed E-state index contributed by atoms with van der Waals surface area (Å²) in [6, 6.07) is 16.6. The molecule has 0 aliphatic carbocycles. The number of hydrogen-bond acceptors (Lipinski definition) is 4. The standard InChI is InChI=1S/C21H25NO4S/c1-2-13-22(18-12-14-27(24,25)16-18)21(23)20-11-7-6-8-17(20)15-26-19-9-4-3-5-10-19/h3-11,18H,2,12-16H2,1H3/t18-/m0/s1. The van der Waals surface area contributed by atoms with E-state index in [0.717, 1.165) is 17.7 Å². The maximum atomic E-state index is 13.2. The molecule has 0 spiro atoms. The highest BCUT2D eigenvalue weighted by Crippen LogP contribution is 2.22. The average molecular weight is 388 g/mol. The number of amides is 1. The third kappa shape index (κ3) is 4.89. The SMILES string of the molecule is CCCN(C(=O)c1ccccc1COc1ccccc1)[C@H]1CCS(=O)(=O)C1. The van der Waals surface area contributed by atoms with E-state index in [2.05, 4.69) is 0 Å². The summed E-state index contributed by atoms with van der Waals surface area (Å²) in [4.78, 5) is 15.0. The molecule has 0 saturated carbocycles. The maximum absolute atomic E-state index is 13.2. The van der Waals surface area contributed by atoms with Crippen LogP contribution in [0.1, 0.15) is 35.7 Å². The van der Waals surface area contributed by atoms with E-state index in [1.54, 1.807) is 11.0 Å². The van der Waals surface area contributed by atoms with Gasteiger partial charge in [-0.15, -0.1) is 0 Å². The largest absolute Gasteiger partial charge is 0.489 e. The minimum Gasteiger partial charge on any atom is -0.489 e. The zero-order chi connectivity index (χ0) is 19.3. The summed E-state index contributed by atoms with van der Waals surface area (Å²) in [5, 5.41) is 0. The number of rotatable bonds is 7. The van der Waals surface area contributed by atoms with Crippen LogP contribution in [0.5, 0.6) is 5.75 Å². The smallest absolute Gasteiger partial charge is 0.254 e. The van der Waals surface area contributed by atoms with Gasteiger partial charge in [-0.1, -0.05) is 43.3 Å². The van der Waals surface area contributed by atoms with Crippen LogP contribution in [0.2, 0.25) is 0 Å². The monoisotopic (exact) mass is 387 g/mol. The normalized spacial score (nSPS) is 18.2. The van der Waals surface area contributed by atoms with Gasteiger partial charge in [0, 0.05) is 23.7 Å². The summed E-state index contributed by atoms with van der Waals surface area (Å²) >= 11 is 0. The highest BCUT2D eigenvalue weighted by molar-refractivity contribution is 7.91. The van der Waals surface area contributed by atoms with Crippen LogP contribution in [-0.4, -0.2) is 43.3 Å². The van der Waals surface area contributed by atoms with Gasteiger partial charge in [-0.2, -0.15) is 0 Å². The number of para-hydroxylation sites is 1. The Morgan fingerprint density at radius 2 is 1.81 bits per heavy atom. The van der Waals surface area contributed by atoms with E-state index in [9.17, 15) is 13.2 Å². The number of nitrogens with zero attached hydrogens (tertiary/aromatic N) is 1. The predicted molar refractivity (Wildman–Crippen MR) is 106 cm³/mol. The first kappa shape index (κ1) is 19.4. The molecular formula is C21H25NO4S. The molecular weight excluding hydrogens is 362 g/mol. The van der Waals surface area contributed by atoms with Crippen molar-refractivity contribution in [3.8, 4) is 5.75 Å². The highest BCUT2D eigenvalue weighted by Gasteiger charge is 2.35. The summed E-state index contributed by atoms with van der Waals surface area (Å²) in [6.07, 6.45) is 1.29. The first-order valence-electron chi connectivity index (χ1n) is 9.27. The van der Waals surface area contributed by atoms with Crippen LogP contribution in [0.4, 0.5) is 0 Å². The molecule has 2 aromatic carbocycles. The van der Waals surface area contributed by atoms with Crippen molar-refractivity contribution >= 4 is 15.7 Å². The lowest BCUT2D eigenvalue weighted by Crippen LogP contribution is -2.42. The Balaban J connectivity index is 1.80. The molecule has 1 atom stereocenters. The second kappa shape index (κ2) is 8.57. The van der Waals surface area contributed by atoms with Crippen LogP contribution in [0, 0.1) is 0 Å². The third-order valence-electron chi connectivity index (χ3n) is 4.76. The molecule has 1 aliphatic rings. The van der Waals surface area contributed by atoms with Gasteiger partial charge in [0.15, 0.2) is 9.84 Å². The molecule has 1 fully saturated rings. The molecule has 1 saturated heterocycles. The molecule has 0 unspecified atom stereocenters. The number of hydrogen-bond donors (Lipinski definition) is 0. The number of carbonyl (C=O) groups excluding carboxylic acids is 1. The van der Waals surface area contributed by atoms with Crippen molar-refractivity contribution in [2.75, 3.05) is 18.1 Å². The second-order valence-corrected chi connectivity index (χ2v) is 9.04. The Hall–Kier alpha value is -2.34. The molecule has 0 bridgehead atoms. The molecule has 0 N–H and O–H groups in total. The van der Waals surface area contributed by atoms with Crippen LogP contribution in [0.15, 0.2) is 54.6 Å². The van der Waals surface area contributed by atoms with Gasteiger partial charge in [-0.3, -0.25) is 4.79 Å². The lowest BCUT2D eigenvalue weighted by molar-refractivity contribution is 0.0694. The van der Waals surface area contributed by atoms with Crippen molar-refractivity contribution in [2.45, 2.75) is 32.4 Å². The van der Waals surface area contributed by atoms with Gasteiger partial charge in [0.2, 0.25) is 0 Å². The van der Waals surface area contributed by atoms with Crippen LogP contribution >= 0.6 is 0 Å². The molecule has 1 amide bonds. The zero-order valence-electron chi connectivity index (χ0n) is 15.5. The number of sulfone groups is 1. The Bertz CT molecular complexity index is 880. The van der Waals surface area contributed by atoms with Crippen molar-refractivity contribution in [3.63, 3.8) is 0 Å². The molecule has 1 aliphatic heterocycles. The second-order valence-electron chi connectivity index (χ2n) is 6.81. The number of benzene rings is 2. The van der Waals surface area contributed by atoms with E-state index >= 15 is 0 Å². The van der Waals surface area contributed by atoms with E-state index in [4.69, 9.17) is 4.74 Å². The third-order valence-corrected chi connectivity index (χ3v) is 6.51. The van der Waals surface area contributed by atoms with Gasteiger partial charge >= 0.3 is 0 Å². The van der Waals surface area contributed by atoms with E-state index in [1.807, 2.05) is 55.5 Å². The fourth-order valence-corrected chi connectivity index (χ4v) is 5.13. The van der Waals surface area contributed by atoms with E-state index in [-0.39, 0.29) is 30.1 Å². The van der Waals surface area contributed by atoms with Gasteiger partial charge < -0.3 is 9.64 Å². The van der Waals surface area contributed by atoms with Gasteiger partial charge in [0.05, 0.1) is 11.5 Å². The molecule has 0 radical (unpaired) electrons. The fraction of sp³-hybridized carbons (Fsp3) is 0.381. The van der Waals surface area contributed by atoms with Crippen LogP contribution in [0.25, 0.3) is 0 Å². The van der Waals surface area contributed by atoms with Gasteiger partial charge in [0.1, 0.15) is 12.4 Å². The van der Waals surface area contributed by atoms with Crippen molar-refractivity contribution in [1.82, 2.24) is 4.90 Å². The number of ether oxygens (including phenoxy) is 1. The lowest BCUT2D eigenvalue weighted by atomic mass is 10.1. The minimum absolute atomic E-state index is 0.0570. The Morgan fingerprint density at radius 1 is 1.11 bits per heavy atom. The van der Waals surface area contributed by atoms with Crippen molar-refractivity contribution in [3.05, 3.63) is 65.7 Å². The average Bonchev–Trinajstić information content (AvgIpc) is 3.04. The number of carbonyl (C=O) groups is 1. The van der Waals surface area contributed by atoms with Crippen LogP contribution < -0.4 is 4.74 Å². The molecule has 2 aromatic rings. The molecule has 27 heavy (non-hydrogen) atoms. The summed E-state index contributed by atoms with van der Waals surface area (Å²) in [5.41, 5.74) is 1.37. The molecule has 5 nitrogen and oxygen atoms in total. The topological polar surface area (TPSA) is 63.7 Å². The lowest BCUT2D eigenvalue weighted by Gasteiger charge is -2.28. The molecule has 6 heteroatoms. The first-order chi connectivity index (χ1) is 13.0. The van der Waals surface area contributed by atoms with Gasteiger partial charge in [0.25, 0.3) is 5.91 Å². The molecule has 1 heterocycles. The Kier molecular flexibility index (Phi) is 6.16. The summed E-state index contributed by atoms with van der Waals surface area (Å²) in [6.45, 7) is 2.83. The molecule has 144 valence electrons. The van der Waals surface area contributed by atoms with E-state index in [1.165, 1.54) is 0 Å². The fourth-order valence-electron chi connectivity index (χ4n) is 3.40. The quantitative estimate of drug-likeness (QED) is 0.731. The Labute approximate surface area is 160 Å². The van der Waals surface area contributed by atoms with Crippen molar-refractivity contribution in [2.24, 2.45) is 0 Å². The molecule has 0 aromatic heterocycles. The Morgan fingerprint density at radius 3 is 2.48 bits per heavy atom. The maximum Gasteiger partial charge on any atom is 0.254 e. The van der Waals surface area contributed by atoms with Crippen molar-refractivity contribution in [1.29, 1.82) is 0 Å². The first-order valence-corrected chi connectivity index (χ1v) is 11.1. The summed E-state index contributed by atoms with van der Waals surface area (Å²) < 4.78 is 29.6. The highest BCUT2D eigenvalue weighted by atomic mass is 32.2. The van der Waals surface area contributed by atoms with Crippen molar-refractivity contribution < 1.29 is 17.9 Å². The van der Waals surface area contributed by atoms with E-state index < -0.39 is 9.84 Å².